The average Bonchev–Trinajstić information content (AvgIpc) is 3.40. The monoisotopic (exact) mass is 359 g/mol. The van der Waals surface area contributed by atoms with Crippen molar-refractivity contribution in [3.8, 4) is 5.75 Å². The van der Waals surface area contributed by atoms with E-state index < -0.39 is 0 Å². The van der Waals surface area contributed by atoms with Gasteiger partial charge in [0.25, 0.3) is 5.91 Å². The summed E-state index contributed by atoms with van der Waals surface area (Å²) in [4.78, 5) is 23.6. The second-order valence-corrected chi connectivity index (χ2v) is 6.18. The zero-order valence-electron chi connectivity index (χ0n) is 13.4. The molecule has 25 heavy (non-hydrogen) atoms. The number of amides is 3. The summed E-state index contributed by atoms with van der Waals surface area (Å²) < 4.78 is 5.38. The molecule has 0 heterocycles. The SMILES string of the molecule is O=C(COc1ccc(Cl)cc1)Nc1ccc(NC(=O)NC2CC2)cc1. The van der Waals surface area contributed by atoms with Crippen LogP contribution in [0, 0.1) is 0 Å². The maximum Gasteiger partial charge on any atom is 0.319 e. The van der Waals surface area contributed by atoms with Crippen LogP contribution in [0.3, 0.4) is 0 Å². The van der Waals surface area contributed by atoms with Gasteiger partial charge in [-0.25, -0.2) is 4.79 Å². The van der Waals surface area contributed by atoms with E-state index in [1.807, 2.05) is 0 Å². The first-order valence-electron chi connectivity index (χ1n) is 7.94. The molecule has 3 N–H and O–H groups in total. The summed E-state index contributed by atoms with van der Waals surface area (Å²) in [6, 6.07) is 13.8. The lowest BCUT2D eigenvalue weighted by Gasteiger charge is -2.09. The number of hydrogen-bond acceptors (Lipinski definition) is 3. The average molecular weight is 360 g/mol. The van der Waals surface area contributed by atoms with Gasteiger partial charge in [-0.3, -0.25) is 4.79 Å². The summed E-state index contributed by atoms with van der Waals surface area (Å²) in [7, 11) is 0. The van der Waals surface area contributed by atoms with E-state index in [0.29, 0.717) is 28.2 Å². The Bertz CT molecular complexity index is 743. The fraction of sp³-hybridized carbons (Fsp3) is 0.222. The van der Waals surface area contributed by atoms with Crippen molar-refractivity contribution in [3.63, 3.8) is 0 Å². The number of carbonyl (C=O) groups is 2. The summed E-state index contributed by atoms with van der Waals surface area (Å²) in [6.45, 7) is -0.106. The molecule has 1 saturated carbocycles. The number of urea groups is 1. The normalized spacial score (nSPS) is 13.0. The second-order valence-electron chi connectivity index (χ2n) is 5.74. The number of benzene rings is 2. The smallest absolute Gasteiger partial charge is 0.319 e. The van der Waals surface area contributed by atoms with Gasteiger partial charge >= 0.3 is 6.03 Å². The van der Waals surface area contributed by atoms with E-state index in [9.17, 15) is 9.59 Å². The van der Waals surface area contributed by atoms with E-state index in [0.717, 1.165) is 12.8 Å². The van der Waals surface area contributed by atoms with Gasteiger partial charge in [0.05, 0.1) is 0 Å². The van der Waals surface area contributed by atoms with Gasteiger partial charge in [-0.15, -0.1) is 0 Å². The molecule has 130 valence electrons. The first-order chi connectivity index (χ1) is 12.1. The fourth-order valence-electron chi connectivity index (χ4n) is 2.09. The molecular formula is C18H18ClN3O3. The molecule has 0 aromatic heterocycles. The molecule has 1 aliphatic carbocycles. The summed E-state index contributed by atoms with van der Waals surface area (Å²) in [5.74, 6) is 0.294. The maximum absolute atomic E-state index is 11.9. The van der Waals surface area contributed by atoms with Crippen LogP contribution in [0.1, 0.15) is 12.8 Å². The van der Waals surface area contributed by atoms with Crippen LogP contribution in [-0.2, 0) is 4.79 Å². The molecule has 0 aliphatic heterocycles. The minimum Gasteiger partial charge on any atom is -0.484 e. The van der Waals surface area contributed by atoms with E-state index in [2.05, 4.69) is 16.0 Å². The Morgan fingerprint density at radius 1 is 0.960 bits per heavy atom. The molecule has 3 amide bonds. The van der Waals surface area contributed by atoms with Gasteiger partial charge in [0, 0.05) is 22.4 Å². The summed E-state index contributed by atoms with van der Waals surface area (Å²) in [6.07, 6.45) is 2.08. The molecular weight excluding hydrogens is 342 g/mol. The Hall–Kier alpha value is -2.73. The third-order valence-electron chi connectivity index (χ3n) is 3.52. The Labute approximate surface area is 150 Å². The van der Waals surface area contributed by atoms with Gasteiger partial charge in [0.15, 0.2) is 6.61 Å². The van der Waals surface area contributed by atoms with Crippen molar-refractivity contribution < 1.29 is 14.3 Å². The fourth-order valence-corrected chi connectivity index (χ4v) is 2.22. The molecule has 2 aromatic carbocycles. The lowest BCUT2D eigenvalue weighted by Crippen LogP contribution is -2.30. The molecule has 2 aromatic rings. The highest BCUT2D eigenvalue weighted by Crippen LogP contribution is 2.19. The van der Waals surface area contributed by atoms with Crippen LogP contribution in [0.5, 0.6) is 5.75 Å². The van der Waals surface area contributed by atoms with Gasteiger partial charge in [-0.1, -0.05) is 11.6 Å². The molecule has 0 radical (unpaired) electrons. The molecule has 3 rings (SSSR count). The largest absolute Gasteiger partial charge is 0.484 e. The molecule has 0 saturated heterocycles. The zero-order chi connectivity index (χ0) is 17.6. The van der Waals surface area contributed by atoms with Crippen molar-refractivity contribution in [1.82, 2.24) is 5.32 Å². The third kappa shape index (κ3) is 5.69. The molecule has 1 fully saturated rings. The van der Waals surface area contributed by atoms with E-state index in [-0.39, 0.29) is 18.5 Å². The number of rotatable bonds is 6. The molecule has 0 atom stereocenters. The number of carbonyl (C=O) groups excluding carboxylic acids is 2. The number of halogens is 1. The summed E-state index contributed by atoms with van der Waals surface area (Å²) in [5, 5.41) is 8.92. The van der Waals surface area contributed by atoms with Crippen molar-refractivity contribution in [3.05, 3.63) is 53.6 Å². The lowest BCUT2D eigenvalue weighted by molar-refractivity contribution is -0.118. The van der Waals surface area contributed by atoms with Crippen LogP contribution in [-0.4, -0.2) is 24.6 Å². The molecule has 0 spiro atoms. The van der Waals surface area contributed by atoms with Crippen molar-refractivity contribution in [2.24, 2.45) is 0 Å². The Kier molecular flexibility index (Phi) is 5.40. The highest BCUT2D eigenvalue weighted by molar-refractivity contribution is 6.30. The predicted octanol–water partition coefficient (Wildman–Crippen LogP) is 3.64. The lowest BCUT2D eigenvalue weighted by atomic mass is 10.3. The van der Waals surface area contributed by atoms with Crippen LogP contribution in [0.15, 0.2) is 48.5 Å². The summed E-state index contributed by atoms with van der Waals surface area (Å²) >= 11 is 5.79. The van der Waals surface area contributed by atoms with Gasteiger partial charge < -0.3 is 20.7 Å². The van der Waals surface area contributed by atoms with Crippen molar-refractivity contribution in [1.29, 1.82) is 0 Å². The number of nitrogens with one attached hydrogen (secondary N) is 3. The van der Waals surface area contributed by atoms with E-state index >= 15 is 0 Å². The molecule has 7 heteroatoms. The molecule has 0 bridgehead atoms. The minimum atomic E-state index is -0.276. The van der Waals surface area contributed by atoms with Gasteiger partial charge in [0.2, 0.25) is 0 Å². The Morgan fingerprint density at radius 2 is 1.56 bits per heavy atom. The second kappa shape index (κ2) is 7.90. The summed E-state index contributed by atoms with van der Waals surface area (Å²) in [5.41, 5.74) is 1.28. The molecule has 6 nitrogen and oxygen atoms in total. The zero-order valence-corrected chi connectivity index (χ0v) is 14.2. The van der Waals surface area contributed by atoms with Crippen LogP contribution in [0.4, 0.5) is 16.2 Å². The standard InChI is InChI=1S/C18H18ClN3O3/c19-12-1-9-16(10-2-12)25-11-17(23)20-13-3-5-14(6-4-13)21-18(24)22-15-7-8-15/h1-6,9-10,15H,7-8,11H2,(H,20,23)(H2,21,22,24). The highest BCUT2D eigenvalue weighted by Gasteiger charge is 2.23. The number of hydrogen-bond donors (Lipinski definition) is 3. The van der Waals surface area contributed by atoms with Crippen LogP contribution in [0.2, 0.25) is 5.02 Å². The Balaban J connectivity index is 1.44. The van der Waals surface area contributed by atoms with E-state index in [1.165, 1.54) is 0 Å². The van der Waals surface area contributed by atoms with Crippen LogP contribution in [0.25, 0.3) is 0 Å². The minimum absolute atomic E-state index is 0.106. The first kappa shape index (κ1) is 17.1. The van der Waals surface area contributed by atoms with E-state index in [1.54, 1.807) is 48.5 Å². The quantitative estimate of drug-likeness (QED) is 0.736. The van der Waals surface area contributed by atoms with Crippen molar-refractivity contribution >= 4 is 34.9 Å². The predicted molar refractivity (Wildman–Crippen MR) is 97.2 cm³/mol. The first-order valence-corrected chi connectivity index (χ1v) is 8.32. The number of ether oxygens (including phenoxy) is 1. The van der Waals surface area contributed by atoms with Gasteiger partial charge in [-0.05, 0) is 61.4 Å². The van der Waals surface area contributed by atoms with Crippen LogP contribution < -0.4 is 20.7 Å². The van der Waals surface area contributed by atoms with Gasteiger partial charge in [-0.2, -0.15) is 0 Å². The Morgan fingerprint density at radius 3 is 2.16 bits per heavy atom. The van der Waals surface area contributed by atoms with Crippen molar-refractivity contribution in [2.45, 2.75) is 18.9 Å². The highest BCUT2D eigenvalue weighted by atomic mass is 35.5. The van der Waals surface area contributed by atoms with Crippen molar-refractivity contribution in [2.75, 3.05) is 17.2 Å². The third-order valence-corrected chi connectivity index (χ3v) is 3.77. The maximum atomic E-state index is 11.9. The molecule has 0 unspecified atom stereocenters. The number of anilines is 2. The van der Waals surface area contributed by atoms with E-state index in [4.69, 9.17) is 16.3 Å². The van der Waals surface area contributed by atoms with Crippen LogP contribution >= 0.6 is 11.6 Å². The van der Waals surface area contributed by atoms with Gasteiger partial charge in [0.1, 0.15) is 5.75 Å². The molecule has 1 aliphatic rings. The topological polar surface area (TPSA) is 79.5 Å².